The van der Waals surface area contributed by atoms with Crippen LogP contribution in [-0.2, 0) is 19.0 Å². The van der Waals surface area contributed by atoms with Gasteiger partial charge in [0.15, 0.2) is 0 Å². The van der Waals surface area contributed by atoms with Crippen molar-refractivity contribution in [3.63, 3.8) is 0 Å². The number of rotatable bonds is 7. The van der Waals surface area contributed by atoms with Crippen molar-refractivity contribution >= 4 is 23.6 Å². The highest BCUT2D eigenvalue weighted by atomic mass is 35.5. The Balaban J connectivity index is 2.09. The van der Waals surface area contributed by atoms with Crippen LogP contribution in [0.25, 0.3) is 6.08 Å². The van der Waals surface area contributed by atoms with Gasteiger partial charge in [-0.3, -0.25) is 0 Å². The second kappa shape index (κ2) is 7.59. The molecule has 1 aromatic rings. The van der Waals surface area contributed by atoms with Crippen LogP contribution in [0.3, 0.4) is 0 Å². The van der Waals surface area contributed by atoms with Crippen LogP contribution in [0.4, 0.5) is 0 Å². The van der Waals surface area contributed by atoms with E-state index in [2.05, 4.69) is 0 Å². The Labute approximate surface area is 129 Å². The predicted molar refractivity (Wildman–Crippen MR) is 81.2 cm³/mol. The molecule has 0 bridgehead atoms. The van der Waals surface area contributed by atoms with Crippen LogP contribution < -0.4 is 0 Å². The maximum Gasteiger partial charge on any atom is 0.330 e. The summed E-state index contributed by atoms with van der Waals surface area (Å²) >= 11 is 6.02. The Kier molecular flexibility index (Phi) is 5.79. The fraction of sp³-hybridized carbons (Fsp3) is 0.438. The summed E-state index contributed by atoms with van der Waals surface area (Å²) in [5.74, 6) is -0.372. The summed E-state index contributed by atoms with van der Waals surface area (Å²) in [7, 11) is 0. The molecule has 2 atom stereocenters. The lowest BCUT2D eigenvalue weighted by molar-refractivity contribution is -0.137. The first-order valence-electron chi connectivity index (χ1n) is 6.97. The first kappa shape index (κ1) is 16.0. The molecule has 0 saturated carbocycles. The summed E-state index contributed by atoms with van der Waals surface area (Å²) in [6.07, 6.45) is 3.22. The van der Waals surface area contributed by atoms with Gasteiger partial charge >= 0.3 is 5.97 Å². The van der Waals surface area contributed by atoms with Gasteiger partial charge in [0.1, 0.15) is 6.10 Å². The van der Waals surface area contributed by atoms with Gasteiger partial charge < -0.3 is 14.2 Å². The number of esters is 1. The van der Waals surface area contributed by atoms with Crippen molar-refractivity contribution < 1.29 is 19.0 Å². The van der Waals surface area contributed by atoms with E-state index in [-0.39, 0.29) is 18.2 Å². The third-order valence-corrected chi connectivity index (χ3v) is 3.34. The first-order valence-corrected chi connectivity index (χ1v) is 7.35. The Bertz CT molecular complexity index is 523. The zero-order chi connectivity index (χ0) is 15.2. The molecule has 1 saturated heterocycles. The quantitative estimate of drug-likeness (QED) is 0.440. The highest BCUT2D eigenvalue weighted by molar-refractivity contribution is 6.30. The number of epoxide rings is 1. The molecule has 0 aliphatic carbocycles. The van der Waals surface area contributed by atoms with Gasteiger partial charge in [-0.2, -0.15) is 0 Å². The monoisotopic (exact) mass is 310 g/mol. The predicted octanol–water partition coefficient (Wildman–Crippen LogP) is 3.39. The van der Waals surface area contributed by atoms with Crippen LogP contribution in [0, 0.1) is 0 Å². The second-order valence-corrected chi connectivity index (χ2v) is 5.23. The minimum absolute atomic E-state index is 0.103. The number of carbonyl (C=O) groups is 1. The molecule has 0 radical (unpaired) electrons. The van der Waals surface area contributed by atoms with Crippen molar-refractivity contribution in [3.05, 3.63) is 40.4 Å². The van der Waals surface area contributed by atoms with Crippen molar-refractivity contribution in [2.24, 2.45) is 0 Å². The first-order chi connectivity index (χ1) is 10.1. The smallest absolute Gasteiger partial charge is 0.330 e. The van der Waals surface area contributed by atoms with Gasteiger partial charge in [-0.15, -0.1) is 0 Å². The Hall–Kier alpha value is -1.36. The lowest BCUT2D eigenvalue weighted by Gasteiger charge is -2.15. The molecule has 0 spiro atoms. The zero-order valence-corrected chi connectivity index (χ0v) is 12.9. The summed E-state index contributed by atoms with van der Waals surface area (Å²) in [6, 6.07) is 5.53. The van der Waals surface area contributed by atoms with Crippen LogP contribution in [0.15, 0.2) is 24.3 Å². The van der Waals surface area contributed by atoms with E-state index in [0.29, 0.717) is 18.2 Å². The Morgan fingerprint density at radius 2 is 2.33 bits per heavy atom. The summed E-state index contributed by atoms with van der Waals surface area (Å²) in [5, 5.41) is 0.611. The van der Waals surface area contributed by atoms with Crippen LogP contribution >= 0.6 is 11.6 Å². The second-order valence-electron chi connectivity index (χ2n) is 4.79. The fourth-order valence-electron chi connectivity index (χ4n) is 1.91. The van der Waals surface area contributed by atoms with Crippen molar-refractivity contribution in [1.29, 1.82) is 0 Å². The molecule has 114 valence electrons. The number of carbonyl (C=O) groups excluding carboxylic acids is 1. The number of hydrogen-bond acceptors (Lipinski definition) is 4. The van der Waals surface area contributed by atoms with Gasteiger partial charge in [-0.25, -0.2) is 4.79 Å². The van der Waals surface area contributed by atoms with E-state index in [1.54, 1.807) is 19.1 Å². The van der Waals surface area contributed by atoms with Crippen molar-refractivity contribution in [3.8, 4) is 0 Å². The number of hydrogen-bond donors (Lipinski definition) is 0. The SMILES string of the molecule is CCOC(=O)/C=C/c1cc(Cl)ccc1C(C)OCC1CO1. The largest absolute Gasteiger partial charge is 0.463 e. The molecule has 4 nitrogen and oxygen atoms in total. The molecule has 0 aromatic heterocycles. The van der Waals surface area contributed by atoms with Crippen molar-refractivity contribution in [2.75, 3.05) is 19.8 Å². The van der Waals surface area contributed by atoms with E-state index in [1.165, 1.54) is 6.08 Å². The highest BCUT2D eigenvalue weighted by Crippen LogP contribution is 2.26. The van der Waals surface area contributed by atoms with E-state index in [1.807, 2.05) is 19.1 Å². The van der Waals surface area contributed by atoms with Crippen LogP contribution in [0.1, 0.15) is 31.1 Å². The van der Waals surface area contributed by atoms with E-state index in [0.717, 1.165) is 17.7 Å². The lowest BCUT2D eigenvalue weighted by Crippen LogP contribution is -2.07. The molecule has 21 heavy (non-hydrogen) atoms. The number of halogens is 1. The van der Waals surface area contributed by atoms with Gasteiger partial charge in [-0.1, -0.05) is 17.7 Å². The molecule has 1 aliphatic rings. The molecular formula is C16H19ClO4. The average molecular weight is 311 g/mol. The topological polar surface area (TPSA) is 48.1 Å². The van der Waals surface area contributed by atoms with Crippen molar-refractivity contribution in [2.45, 2.75) is 26.1 Å². The Morgan fingerprint density at radius 1 is 1.57 bits per heavy atom. The maximum absolute atomic E-state index is 11.4. The molecule has 2 unspecified atom stereocenters. The van der Waals surface area contributed by atoms with E-state index < -0.39 is 0 Å². The highest BCUT2D eigenvalue weighted by Gasteiger charge is 2.24. The summed E-state index contributed by atoms with van der Waals surface area (Å²) in [6.45, 7) is 5.43. The molecule has 1 heterocycles. The number of benzene rings is 1. The summed E-state index contributed by atoms with van der Waals surface area (Å²) in [5.41, 5.74) is 1.82. The third-order valence-electron chi connectivity index (χ3n) is 3.11. The van der Waals surface area contributed by atoms with Crippen LogP contribution in [-0.4, -0.2) is 31.9 Å². The van der Waals surface area contributed by atoms with Gasteiger partial charge in [-0.05, 0) is 43.2 Å². The lowest BCUT2D eigenvalue weighted by atomic mass is 10.0. The molecule has 1 fully saturated rings. The van der Waals surface area contributed by atoms with Crippen LogP contribution in [0.5, 0.6) is 0 Å². The molecule has 0 N–H and O–H groups in total. The molecule has 5 heteroatoms. The molecular weight excluding hydrogens is 292 g/mol. The van der Waals surface area contributed by atoms with Gasteiger partial charge in [0, 0.05) is 11.1 Å². The average Bonchev–Trinajstić information content (AvgIpc) is 3.27. The maximum atomic E-state index is 11.4. The summed E-state index contributed by atoms with van der Waals surface area (Å²) in [4.78, 5) is 11.4. The third kappa shape index (κ3) is 5.16. The van der Waals surface area contributed by atoms with E-state index in [9.17, 15) is 4.79 Å². The minimum atomic E-state index is -0.372. The van der Waals surface area contributed by atoms with Gasteiger partial charge in [0.2, 0.25) is 0 Å². The van der Waals surface area contributed by atoms with Gasteiger partial charge in [0.25, 0.3) is 0 Å². The molecule has 1 aliphatic heterocycles. The number of ether oxygens (including phenoxy) is 3. The normalized spacial score (nSPS) is 18.7. The fourth-order valence-corrected chi connectivity index (χ4v) is 2.09. The van der Waals surface area contributed by atoms with Gasteiger partial charge in [0.05, 0.1) is 25.9 Å². The standard InChI is InChI=1S/C16H19ClO4/c1-3-19-16(18)7-4-12-8-13(17)5-6-15(12)11(2)20-9-14-10-21-14/h4-8,11,14H,3,9-10H2,1-2H3/b7-4+. The zero-order valence-electron chi connectivity index (χ0n) is 12.2. The Morgan fingerprint density at radius 3 is 3.00 bits per heavy atom. The van der Waals surface area contributed by atoms with Crippen LogP contribution in [0.2, 0.25) is 5.02 Å². The van der Waals surface area contributed by atoms with E-state index >= 15 is 0 Å². The minimum Gasteiger partial charge on any atom is -0.463 e. The van der Waals surface area contributed by atoms with E-state index in [4.69, 9.17) is 25.8 Å². The molecule has 2 rings (SSSR count). The molecule has 1 aromatic carbocycles. The molecule has 0 amide bonds. The van der Waals surface area contributed by atoms with Crippen molar-refractivity contribution in [1.82, 2.24) is 0 Å². The summed E-state index contributed by atoms with van der Waals surface area (Å²) < 4.78 is 15.8.